The Morgan fingerprint density at radius 1 is 1.40 bits per heavy atom. The Balaban J connectivity index is 2.19. The quantitative estimate of drug-likeness (QED) is 0.603. The number of methoxy groups -OCH3 is 1. The van der Waals surface area contributed by atoms with Crippen LogP contribution in [0.1, 0.15) is 66.7 Å². The van der Waals surface area contributed by atoms with Crippen molar-refractivity contribution in [2.75, 3.05) is 7.11 Å². The number of aliphatic hydroxyl groups is 1. The predicted octanol–water partition coefficient (Wildman–Crippen LogP) is 3.91. The van der Waals surface area contributed by atoms with Crippen LogP contribution >= 0.6 is 0 Å². The molecule has 0 unspecified atom stereocenters. The fourth-order valence-electron chi connectivity index (χ4n) is 5.47. The summed E-state index contributed by atoms with van der Waals surface area (Å²) < 4.78 is 4.77. The zero-order chi connectivity index (χ0) is 19.0. The van der Waals surface area contributed by atoms with E-state index in [-0.39, 0.29) is 29.0 Å². The highest BCUT2D eigenvalue weighted by Gasteiger charge is 2.57. The molecule has 0 aromatic carbocycles. The van der Waals surface area contributed by atoms with Crippen molar-refractivity contribution in [3.05, 3.63) is 11.6 Å². The van der Waals surface area contributed by atoms with E-state index in [2.05, 4.69) is 26.8 Å². The van der Waals surface area contributed by atoms with Crippen LogP contribution in [0, 0.1) is 28.6 Å². The number of Topliss-reactive ketones (excluding diaryl/α,β-unsaturated/α-hetero) is 1. The molecule has 0 aliphatic heterocycles. The van der Waals surface area contributed by atoms with E-state index >= 15 is 0 Å². The highest BCUT2D eigenvalue weighted by Crippen LogP contribution is 2.59. The van der Waals surface area contributed by atoms with Crippen LogP contribution in [0.3, 0.4) is 0 Å². The monoisotopic (exact) mass is 350 g/mol. The average Bonchev–Trinajstić information content (AvgIpc) is 2.51. The second-order valence-electron chi connectivity index (χ2n) is 9.06. The normalized spacial score (nSPS) is 35.6. The van der Waals surface area contributed by atoms with E-state index in [1.54, 1.807) is 0 Å². The minimum atomic E-state index is -0.864. The minimum absolute atomic E-state index is 0.0132. The summed E-state index contributed by atoms with van der Waals surface area (Å²) in [5, 5.41) is 10.4. The van der Waals surface area contributed by atoms with Gasteiger partial charge in [-0.15, -0.1) is 0 Å². The van der Waals surface area contributed by atoms with Crippen LogP contribution in [0.4, 0.5) is 0 Å². The van der Waals surface area contributed by atoms with Crippen molar-refractivity contribution >= 4 is 11.8 Å². The van der Waals surface area contributed by atoms with Crippen molar-refractivity contribution in [3.63, 3.8) is 0 Å². The molecule has 4 nitrogen and oxygen atoms in total. The van der Waals surface area contributed by atoms with E-state index < -0.39 is 11.5 Å². The van der Waals surface area contributed by atoms with E-state index in [0.29, 0.717) is 18.8 Å². The molecule has 0 spiro atoms. The maximum Gasteiger partial charge on any atom is 0.305 e. The Morgan fingerprint density at radius 2 is 2.04 bits per heavy atom. The molecule has 1 fully saturated rings. The molecule has 0 radical (unpaired) electrons. The Labute approximate surface area is 152 Å². The lowest BCUT2D eigenvalue weighted by Crippen LogP contribution is -2.57. The van der Waals surface area contributed by atoms with Crippen molar-refractivity contribution < 1.29 is 19.4 Å². The number of carbonyl (C=O) groups excluding carboxylic acids is 2. The first kappa shape index (κ1) is 20.2. The van der Waals surface area contributed by atoms with Gasteiger partial charge in [-0.2, -0.15) is 0 Å². The topological polar surface area (TPSA) is 63.6 Å². The highest BCUT2D eigenvalue weighted by atomic mass is 16.5. The molecular weight excluding hydrogens is 316 g/mol. The lowest BCUT2D eigenvalue weighted by atomic mass is 9.47. The number of fused-ring (bicyclic) bond motifs is 1. The lowest BCUT2D eigenvalue weighted by molar-refractivity contribution is -0.158. The molecule has 4 heteroatoms. The smallest absolute Gasteiger partial charge is 0.305 e. The molecule has 2 rings (SSSR count). The Kier molecular flexibility index (Phi) is 5.82. The second kappa shape index (κ2) is 7.22. The van der Waals surface area contributed by atoms with Gasteiger partial charge in [0.1, 0.15) is 6.10 Å². The van der Waals surface area contributed by atoms with Gasteiger partial charge in [-0.3, -0.25) is 9.59 Å². The van der Waals surface area contributed by atoms with Crippen LogP contribution in [-0.2, 0) is 14.3 Å². The van der Waals surface area contributed by atoms with E-state index in [9.17, 15) is 14.7 Å². The standard InChI is InChI=1S/C21H34O4/c1-13(11-18(23)25-6)7-9-15-14(2)8-10-17-20(3,4)19(24)16(22)12-21(15,17)5/h8,13,15-17,22H,7,9-12H2,1-6H3/t13-,15+,16-,17+,21+/m0/s1. The molecule has 0 aromatic heterocycles. The van der Waals surface area contributed by atoms with Gasteiger partial charge in [0.25, 0.3) is 0 Å². The summed E-state index contributed by atoms with van der Waals surface area (Å²) in [6.45, 7) is 10.5. The maximum atomic E-state index is 12.5. The zero-order valence-corrected chi connectivity index (χ0v) is 16.6. The molecule has 0 amide bonds. The first-order chi connectivity index (χ1) is 11.5. The third kappa shape index (κ3) is 3.69. The van der Waals surface area contributed by atoms with Crippen molar-refractivity contribution in [1.29, 1.82) is 0 Å². The molecule has 0 saturated heterocycles. The van der Waals surface area contributed by atoms with Crippen molar-refractivity contribution in [1.82, 2.24) is 0 Å². The lowest BCUT2D eigenvalue weighted by Gasteiger charge is -2.57. The van der Waals surface area contributed by atoms with Crippen LogP contribution in [0.2, 0.25) is 0 Å². The SMILES string of the molecule is COC(=O)C[C@@H](C)CC[C@@H]1C(C)=CC[C@@H]2C(C)(C)C(=O)[C@@H](O)C[C@]12C. The Morgan fingerprint density at radius 3 is 2.64 bits per heavy atom. The molecule has 0 bridgehead atoms. The zero-order valence-electron chi connectivity index (χ0n) is 16.6. The third-order valence-electron chi connectivity index (χ3n) is 6.95. The van der Waals surface area contributed by atoms with Crippen LogP contribution in [0.15, 0.2) is 11.6 Å². The fraction of sp³-hybridized carbons (Fsp3) is 0.810. The van der Waals surface area contributed by atoms with Gasteiger partial charge in [-0.25, -0.2) is 0 Å². The Bertz CT molecular complexity index is 562. The van der Waals surface area contributed by atoms with Gasteiger partial charge in [0.05, 0.1) is 7.11 Å². The molecule has 2 aliphatic carbocycles. The molecule has 2 aliphatic rings. The molecule has 1 saturated carbocycles. The molecule has 5 atom stereocenters. The summed E-state index contributed by atoms with van der Waals surface area (Å²) in [6.07, 6.45) is 5.23. The van der Waals surface area contributed by atoms with Crippen LogP contribution in [-0.4, -0.2) is 30.1 Å². The summed E-state index contributed by atoms with van der Waals surface area (Å²) in [4.78, 5) is 24.0. The van der Waals surface area contributed by atoms with Crippen LogP contribution in [0.5, 0.6) is 0 Å². The summed E-state index contributed by atoms with van der Waals surface area (Å²) >= 11 is 0. The number of hydrogen-bond acceptors (Lipinski definition) is 4. The van der Waals surface area contributed by atoms with Gasteiger partial charge in [0.15, 0.2) is 5.78 Å². The van der Waals surface area contributed by atoms with E-state index in [4.69, 9.17) is 4.74 Å². The fourth-order valence-corrected chi connectivity index (χ4v) is 5.47. The number of esters is 1. The molecule has 0 aromatic rings. The molecule has 1 N–H and O–H groups in total. The summed E-state index contributed by atoms with van der Waals surface area (Å²) in [5.74, 6) is 0.689. The van der Waals surface area contributed by atoms with Gasteiger partial charge in [-0.05, 0) is 55.8 Å². The van der Waals surface area contributed by atoms with Crippen molar-refractivity contribution in [2.24, 2.45) is 28.6 Å². The van der Waals surface area contributed by atoms with Crippen LogP contribution < -0.4 is 0 Å². The van der Waals surface area contributed by atoms with E-state index in [0.717, 1.165) is 19.3 Å². The highest BCUT2D eigenvalue weighted by molar-refractivity contribution is 5.89. The Hall–Kier alpha value is -1.16. The maximum absolute atomic E-state index is 12.5. The molecule has 0 heterocycles. The van der Waals surface area contributed by atoms with Gasteiger partial charge in [0.2, 0.25) is 0 Å². The summed E-state index contributed by atoms with van der Waals surface area (Å²) in [5.41, 5.74) is 0.779. The van der Waals surface area contributed by atoms with Crippen molar-refractivity contribution in [2.45, 2.75) is 72.8 Å². The van der Waals surface area contributed by atoms with Gasteiger partial charge in [-0.1, -0.05) is 39.3 Å². The minimum Gasteiger partial charge on any atom is -0.469 e. The molecule has 25 heavy (non-hydrogen) atoms. The third-order valence-corrected chi connectivity index (χ3v) is 6.95. The molecule has 142 valence electrons. The summed E-state index contributed by atoms with van der Waals surface area (Å²) in [6, 6.07) is 0. The first-order valence-corrected chi connectivity index (χ1v) is 9.49. The molecular formula is C21H34O4. The van der Waals surface area contributed by atoms with Crippen LogP contribution in [0.25, 0.3) is 0 Å². The number of ether oxygens (including phenoxy) is 1. The van der Waals surface area contributed by atoms with Gasteiger partial charge < -0.3 is 9.84 Å². The first-order valence-electron chi connectivity index (χ1n) is 9.49. The second-order valence-corrected chi connectivity index (χ2v) is 9.06. The number of carbonyl (C=O) groups is 2. The van der Waals surface area contributed by atoms with Gasteiger partial charge >= 0.3 is 5.97 Å². The average molecular weight is 350 g/mol. The number of hydrogen-bond donors (Lipinski definition) is 1. The number of aliphatic hydroxyl groups excluding tert-OH is 1. The number of allylic oxidation sites excluding steroid dienone is 2. The number of rotatable bonds is 5. The summed E-state index contributed by atoms with van der Waals surface area (Å²) in [7, 11) is 1.43. The predicted molar refractivity (Wildman–Crippen MR) is 97.9 cm³/mol. The van der Waals surface area contributed by atoms with E-state index in [1.165, 1.54) is 12.7 Å². The number of ketones is 1. The van der Waals surface area contributed by atoms with Crippen molar-refractivity contribution in [3.8, 4) is 0 Å². The largest absolute Gasteiger partial charge is 0.469 e. The van der Waals surface area contributed by atoms with Gasteiger partial charge in [0, 0.05) is 11.8 Å². The van der Waals surface area contributed by atoms with E-state index in [1.807, 2.05) is 13.8 Å².